The van der Waals surface area contributed by atoms with Crippen LogP contribution in [-0.4, -0.2) is 81.2 Å². The first-order valence-electron chi connectivity index (χ1n) is 13.4. The van der Waals surface area contributed by atoms with Crippen molar-refractivity contribution in [3.63, 3.8) is 0 Å². The number of aliphatic hydroxyl groups excluding tert-OH is 2. The van der Waals surface area contributed by atoms with Gasteiger partial charge in [-0.1, -0.05) is 13.8 Å². The maximum atomic E-state index is 13.9. The lowest BCUT2D eigenvalue weighted by molar-refractivity contribution is -0.146. The summed E-state index contributed by atoms with van der Waals surface area (Å²) < 4.78 is 5.84. The second-order valence-corrected chi connectivity index (χ2v) is 10.7. The van der Waals surface area contributed by atoms with Gasteiger partial charge < -0.3 is 36.2 Å². The number of ketones is 2. The van der Waals surface area contributed by atoms with Crippen LogP contribution in [0.1, 0.15) is 60.6 Å². The van der Waals surface area contributed by atoms with E-state index in [9.17, 15) is 34.8 Å². The molecular formula is C28H35N3O8. The van der Waals surface area contributed by atoms with Crippen molar-refractivity contribution in [2.45, 2.75) is 57.2 Å². The molecule has 0 spiro atoms. The number of phenolic OH excluding ortho intramolecular Hbond substituents is 1. The number of primary amides is 1. The number of nitrogens with two attached hydrogens (primary N) is 1. The highest BCUT2D eigenvalue weighted by molar-refractivity contribution is 6.24. The zero-order valence-electron chi connectivity index (χ0n) is 22.3. The van der Waals surface area contributed by atoms with E-state index in [1.165, 1.54) is 13.2 Å². The van der Waals surface area contributed by atoms with Gasteiger partial charge in [0, 0.05) is 28.7 Å². The number of carbonyl (C=O) groups excluding carboxylic acids is 3. The molecule has 0 radical (unpaired) electrons. The number of allylic oxidation sites excluding steroid dienone is 1. The van der Waals surface area contributed by atoms with Gasteiger partial charge in [0.1, 0.15) is 28.6 Å². The third-order valence-corrected chi connectivity index (χ3v) is 8.94. The quantitative estimate of drug-likeness (QED) is 0.287. The van der Waals surface area contributed by atoms with Gasteiger partial charge in [-0.15, -0.1) is 0 Å². The third-order valence-electron chi connectivity index (χ3n) is 8.94. The van der Waals surface area contributed by atoms with Crippen LogP contribution in [-0.2, 0) is 16.0 Å². The number of likely N-dealkylation sites (tertiary alicyclic amines) is 1. The summed E-state index contributed by atoms with van der Waals surface area (Å²) in [5, 5.41) is 48.0. The van der Waals surface area contributed by atoms with E-state index in [4.69, 9.17) is 10.5 Å². The van der Waals surface area contributed by atoms with E-state index < -0.39 is 58.0 Å². The van der Waals surface area contributed by atoms with Crippen molar-refractivity contribution in [1.29, 1.82) is 0 Å². The second-order valence-electron chi connectivity index (χ2n) is 10.7. The Morgan fingerprint density at radius 2 is 1.97 bits per heavy atom. The standard InChI is InChI=1S/C28H35N3O8/c1-4-30-21-15-10-12-9-14-19(17(32)11-13(24(14)39-3)16-7-6-8-31(16)5-2)22(33)18(12)25(35)28(15,38)26(36)20(23(21)34)27(29)37/h11-12,15-16,21,30,32,34-35,38H,4-10H2,1-3H3,(H2,29,37)/t12-,15-,16?,21-,28-/m0/s1. The van der Waals surface area contributed by atoms with Gasteiger partial charge >= 0.3 is 0 Å². The van der Waals surface area contributed by atoms with Crippen molar-refractivity contribution in [1.82, 2.24) is 10.2 Å². The molecule has 1 unspecified atom stereocenters. The van der Waals surface area contributed by atoms with Gasteiger partial charge in [-0.05, 0) is 57.3 Å². The Bertz CT molecular complexity index is 1330. The molecule has 1 fully saturated rings. The Labute approximate surface area is 225 Å². The lowest BCUT2D eigenvalue weighted by atomic mass is 9.58. The predicted molar refractivity (Wildman–Crippen MR) is 139 cm³/mol. The average molecular weight is 542 g/mol. The van der Waals surface area contributed by atoms with E-state index in [-0.39, 0.29) is 35.8 Å². The first-order chi connectivity index (χ1) is 18.5. The van der Waals surface area contributed by atoms with Gasteiger partial charge in [0.05, 0.1) is 18.7 Å². The summed E-state index contributed by atoms with van der Waals surface area (Å²) >= 11 is 0. The number of aromatic hydroxyl groups is 1. The number of Topliss-reactive ketones (excluding diaryl/α,β-unsaturated/α-hetero) is 2. The topological polar surface area (TPSA) is 183 Å². The molecule has 39 heavy (non-hydrogen) atoms. The lowest BCUT2D eigenvalue weighted by Gasteiger charge is -2.49. The maximum absolute atomic E-state index is 13.9. The van der Waals surface area contributed by atoms with Gasteiger partial charge in [-0.2, -0.15) is 0 Å². The van der Waals surface area contributed by atoms with Crippen LogP contribution in [0.5, 0.6) is 11.5 Å². The van der Waals surface area contributed by atoms with Crippen molar-refractivity contribution in [3.8, 4) is 11.5 Å². The molecule has 210 valence electrons. The smallest absolute Gasteiger partial charge is 0.255 e. The number of aliphatic hydroxyl groups is 3. The van der Waals surface area contributed by atoms with Crippen molar-refractivity contribution in [2.24, 2.45) is 17.6 Å². The van der Waals surface area contributed by atoms with Gasteiger partial charge in [0.2, 0.25) is 5.78 Å². The van der Waals surface area contributed by atoms with Crippen molar-refractivity contribution >= 4 is 17.5 Å². The molecule has 7 N–H and O–H groups in total. The summed E-state index contributed by atoms with van der Waals surface area (Å²) in [6, 6.07) is 0.478. The molecule has 0 bridgehead atoms. The van der Waals surface area contributed by atoms with Gasteiger partial charge in [0.25, 0.3) is 5.91 Å². The Hall–Kier alpha value is -3.41. The number of rotatable bonds is 6. The van der Waals surface area contributed by atoms with E-state index in [1.54, 1.807) is 6.92 Å². The van der Waals surface area contributed by atoms with E-state index in [0.717, 1.165) is 31.5 Å². The summed E-state index contributed by atoms with van der Waals surface area (Å²) in [6.45, 7) is 5.85. The minimum absolute atomic E-state index is 0.0152. The molecule has 1 aromatic carbocycles. The molecule has 0 aromatic heterocycles. The van der Waals surface area contributed by atoms with Gasteiger partial charge in [-0.3, -0.25) is 19.3 Å². The van der Waals surface area contributed by atoms with Crippen LogP contribution >= 0.6 is 0 Å². The number of methoxy groups -OCH3 is 1. The molecule has 11 heteroatoms. The highest BCUT2D eigenvalue weighted by Gasteiger charge is 2.62. The van der Waals surface area contributed by atoms with Crippen LogP contribution in [0.15, 0.2) is 28.7 Å². The minimum Gasteiger partial charge on any atom is -0.510 e. The average Bonchev–Trinajstić information content (AvgIpc) is 3.37. The van der Waals surface area contributed by atoms with Crippen molar-refractivity contribution < 1.29 is 39.5 Å². The number of hydrogen-bond donors (Lipinski definition) is 6. The van der Waals surface area contributed by atoms with Crippen LogP contribution in [0.25, 0.3) is 0 Å². The molecule has 1 aliphatic heterocycles. The van der Waals surface area contributed by atoms with Crippen LogP contribution in [0.3, 0.4) is 0 Å². The Morgan fingerprint density at radius 1 is 1.26 bits per heavy atom. The maximum Gasteiger partial charge on any atom is 0.255 e. The third kappa shape index (κ3) is 3.70. The van der Waals surface area contributed by atoms with Crippen LogP contribution in [0.4, 0.5) is 0 Å². The fourth-order valence-electron chi connectivity index (χ4n) is 7.25. The Balaban J connectivity index is 1.68. The van der Waals surface area contributed by atoms with Crippen molar-refractivity contribution in [3.05, 3.63) is 45.4 Å². The number of phenols is 1. The molecule has 11 nitrogen and oxygen atoms in total. The number of likely N-dealkylation sites (N-methyl/N-ethyl adjacent to an activating group) is 1. The van der Waals surface area contributed by atoms with E-state index >= 15 is 0 Å². The van der Waals surface area contributed by atoms with Gasteiger partial charge in [-0.25, -0.2) is 0 Å². The molecule has 4 aliphatic rings. The molecule has 1 amide bonds. The van der Waals surface area contributed by atoms with E-state index in [1.807, 2.05) is 0 Å². The highest BCUT2D eigenvalue weighted by atomic mass is 16.5. The molecule has 1 heterocycles. The number of fused-ring (bicyclic) bond motifs is 3. The number of benzene rings is 1. The zero-order chi connectivity index (χ0) is 28.4. The summed E-state index contributed by atoms with van der Waals surface area (Å²) in [4.78, 5) is 41.6. The molecule has 5 atom stereocenters. The molecule has 1 saturated heterocycles. The SMILES string of the molecule is CCN[C@@H]1C(O)=C(C(N)=O)C(=O)[C@@]2(O)C(O)=C3C(=O)c4c(O)cc(C5CCCN5CC)c(OC)c4C[C@H]3C[C@@H]12. The van der Waals surface area contributed by atoms with Crippen LogP contribution < -0.4 is 15.8 Å². The largest absolute Gasteiger partial charge is 0.510 e. The second kappa shape index (κ2) is 9.65. The number of amides is 1. The number of hydrogen-bond acceptors (Lipinski definition) is 10. The highest BCUT2D eigenvalue weighted by Crippen LogP contribution is 2.54. The van der Waals surface area contributed by atoms with E-state index in [0.29, 0.717) is 17.9 Å². The normalized spacial score (nSPS) is 30.8. The number of carbonyl (C=O) groups is 3. The zero-order valence-corrected chi connectivity index (χ0v) is 22.3. The lowest BCUT2D eigenvalue weighted by Crippen LogP contribution is -2.64. The van der Waals surface area contributed by atoms with Crippen LogP contribution in [0, 0.1) is 11.8 Å². The van der Waals surface area contributed by atoms with Crippen LogP contribution in [0.2, 0.25) is 0 Å². The minimum atomic E-state index is -2.66. The number of nitrogens with one attached hydrogen (secondary N) is 1. The fourth-order valence-corrected chi connectivity index (χ4v) is 7.25. The number of nitrogens with zero attached hydrogens (tertiary/aromatic N) is 1. The molecule has 0 saturated carbocycles. The fraction of sp³-hybridized carbons (Fsp3) is 0.536. The molecule has 5 rings (SSSR count). The van der Waals surface area contributed by atoms with Crippen molar-refractivity contribution in [2.75, 3.05) is 26.7 Å². The van der Waals surface area contributed by atoms with Gasteiger partial charge in [0.15, 0.2) is 11.4 Å². The summed E-state index contributed by atoms with van der Waals surface area (Å²) in [7, 11) is 1.52. The monoisotopic (exact) mass is 541 g/mol. The number of ether oxygens (including phenoxy) is 1. The Kier molecular flexibility index (Phi) is 6.72. The molecule has 3 aliphatic carbocycles. The molecule has 1 aromatic rings. The first-order valence-corrected chi connectivity index (χ1v) is 13.4. The summed E-state index contributed by atoms with van der Waals surface area (Å²) in [5.74, 6) is -6.22. The molecular weight excluding hydrogens is 506 g/mol. The summed E-state index contributed by atoms with van der Waals surface area (Å²) in [6.07, 6.45) is 2.09. The first kappa shape index (κ1) is 27.2. The van der Waals surface area contributed by atoms with E-state index in [2.05, 4.69) is 17.1 Å². The Morgan fingerprint density at radius 3 is 2.59 bits per heavy atom. The summed E-state index contributed by atoms with van der Waals surface area (Å²) in [5.41, 5.74) is 2.93. The predicted octanol–water partition coefficient (Wildman–Crippen LogP) is 1.33.